The largest absolute Gasteiger partial charge is 0.435 e. The van der Waals surface area contributed by atoms with Gasteiger partial charge in [-0.05, 0) is 24.1 Å². The van der Waals surface area contributed by atoms with E-state index in [0.29, 0.717) is 18.0 Å². The van der Waals surface area contributed by atoms with E-state index in [2.05, 4.69) is 19.8 Å². The van der Waals surface area contributed by atoms with Gasteiger partial charge in [0.05, 0.1) is 12.6 Å². The topological polar surface area (TPSA) is 96.3 Å². The van der Waals surface area contributed by atoms with Crippen LogP contribution in [0.5, 0.6) is 5.75 Å². The highest BCUT2D eigenvalue weighted by atomic mass is 19.3. The Labute approximate surface area is 159 Å². The lowest BCUT2D eigenvalue weighted by Crippen LogP contribution is -2.20. The van der Waals surface area contributed by atoms with Crippen LogP contribution in [0.1, 0.15) is 30.6 Å². The second kappa shape index (κ2) is 7.93. The van der Waals surface area contributed by atoms with Gasteiger partial charge in [-0.3, -0.25) is 9.78 Å². The first-order valence-electron chi connectivity index (χ1n) is 8.70. The Kier molecular flexibility index (Phi) is 5.59. The Bertz CT molecular complexity index is 1010. The highest BCUT2D eigenvalue weighted by Gasteiger charge is 2.22. The number of hydrogen-bond acceptors (Lipinski definition) is 6. The third kappa shape index (κ3) is 3.68. The molecular weight excluding hydrogens is 372 g/mol. The molecule has 2 aromatic heterocycles. The zero-order valence-electron chi connectivity index (χ0n) is 15.7. The Morgan fingerprint density at radius 1 is 1.29 bits per heavy atom. The molecule has 0 fully saturated rings. The van der Waals surface area contributed by atoms with Gasteiger partial charge in [0.25, 0.3) is 5.56 Å². The number of aliphatic hydroxyl groups is 1. The van der Waals surface area contributed by atoms with Crippen LogP contribution in [0, 0.1) is 0 Å². The van der Waals surface area contributed by atoms with Crippen molar-refractivity contribution >= 4 is 17.0 Å². The molecule has 28 heavy (non-hydrogen) atoms. The van der Waals surface area contributed by atoms with Crippen molar-refractivity contribution in [3.05, 3.63) is 45.9 Å². The molecule has 3 rings (SSSR count). The van der Waals surface area contributed by atoms with E-state index in [1.54, 1.807) is 35.8 Å². The molecule has 0 bridgehead atoms. The number of nitrogens with zero attached hydrogens (tertiary/aromatic N) is 4. The van der Waals surface area contributed by atoms with Gasteiger partial charge in [-0.15, -0.1) is 0 Å². The van der Waals surface area contributed by atoms with E-state index in [4.69, 9.17) is 0 Å². The fraction of sp³-hybridized carbons (Fsp3) is 0.389. The van der Waals surface area contributed by atoms with Crippen LogP contribution in [-0.2, 0) is 6.61 Å². The smallest absolute Gasteiger partial charge is 0.387 e. The third-order valence-corrected chi connectivity index (χ3v) is 4.37. The van der Waals surface area contributed by atoms with Crippen LogP contribution in [0.25, 0.3) is 11.0 Å². The predicted octanol–water partition coefficient (Wildman–Crippen LogP) is 2.28. The molecule has 0 amide bonds. The van der Waals surface area contributed by atoms with Crippen molar-refractivity contribution < 1.29 is 18.6 Å². The number of rotatable bonds is 7. The number of nitrogens with one attached hydrogen (secondary N) is 1. The van der Waals surface area contributed by atoms with E-state index < -0.39 is 13.2 Å². The standard InChI is InChI=1S/C18H21F2N5O3/c1-4-13(10-5-7-11(8-6-10)28-17(19)20)25-15-14(12(9-26)23-25)16(27)22-18(21-15)24(2)3/h5-8,13,17,26H,4,9H2,1-3H3,(H,21,22,27)/t13-/m0/s1. The van der Waals surface area contributed by atoms with E-state index in [0.717, 1.165) is 5.56 Å². The number of anilines is 1. The Balaban J connectivity index is 2.13. The molecule has 1 atom stereocenters. The van der Waals surface area contributed by atoms with Gasteiger partial charge in [0, 0.05) is 14.1 Å². The maximum absolute atomic E-state index is 12.5. The summed E-state index contributed by atoms with van der Waals surface area (Å²) in [5.74, 6) is 0.415. The first-order chi connectivity index (χ1) is 13.3. The minimum Gasteiger partial charge on any atom is -0.435 e. The average Bonchev–Trinajstić information content (AvgIpc) is 3.02. The van der Waals surface area contributed by atoms with Crippen molar-refractivity contribution in [1.82, 2.24) is 19.7 Å². The normalized spacial score (nSPS) is 12.5. The molecule has 0 saturated heterocycles. The number of benzene rings is 1. The molecule has 10 heteroatoms. The minimum atomic E-state index is -2.89. The molecule has 0 saturated carbocycles. The van der Waals surface area contributed by atoms with E-state index >= 15 is 0 Å². The van der Waals surface area contributed by atoms with Gasteiger partial charge in [0.2, 0.25) is 5.95 Å². The molecule has 0 aliphatic carbocycles. The molecule has 8 nitrogen and oxygen atoms in total. The van der Waals surface area contributed by atoms with Gasteiger partial charge in [0.1, 0.15) is 16.8 Å². The van der Waals surface area contributed by atoms with Crippen LogP contribution in [-0.4, -0.2) is 45.6 Å². The van der Waals surface area contributed by atoms with Crippen LogP contribution < -0.4 is 15.2 Å². The van der Waals surface area contributed by atoms with Gasteiger partial charge in [-0.1, -0.05) is 19.1 Å². The number of halogens is 2. The Morgan fingerprint density at radius 2 is 1.96 bits per heavy atom. The van der Waals surface area contributed by atoms with Crippen molar-refractivity contribution in [1.29, 1.82) is 0 Å². The lowest BCUT2D eigenvalue weighted by Gasteiger charge is -2.18. The second-order valence-corrected chi connectivity index (χ2v) is 6.40. The van der Waals surface area contributed by atoms with Crippen LogP contribution >= 0.6 is 0 Å². The summed E-state index contributed by atoms with van der Waals surface area (Å²) < 4.78 is 30.7. The molecule has 0 aliphatic rings. The van der Waals surface area contributed by atoms with Crippen molar-refractivity contribution in [2.75, 3.05) is 19.0 Å². The minimum absolute atomic E-state index is 0.0550. The van der Waals surface area contributed by atoms with Crippen molar-refractivity contribution in [3.8, 4) is 5.75 Å². The van der Waals surface area contributed by atoms with Gasteiger partial charge in [-0.25, -0.2) is 4.68 Å². The summed E-state index contributed by atoms with van der Waals surface area (Å²) in [6.45, 7) is -1.37. The van der Waals surface area contributed by atoms with E-state index in [9.17, 15) is 18.7 Å². The number of aliphatic hydroxyl groups excluding tert-OH is 1. The first kappa shape index (κ1) is 19.7. The molecule has 2 heterocycles. The van der Waals surface area contributed by atoms with E-state index in [1.807, 2.05) is 6.92 Å². The van der Waals surface area contributed by atoms with E-state index in [-0.39, 0.29) is 28.4 Å². The molecule has 2 N–H and O–H groups in total. The van der Waals surface area contributed by atoms with Crippen LogP contribution in [0.2, 0.25) is 0 Å². The van der Waals surface area contributed by atoms with Crippen LogP contribution in [0.4, 0.5) is 14.7 Å². The molecule has 0 aliphatic heterocycles. The monoisotopic (exact) mass is 393 g/mol. The SMILES string of the molecule is CC[C@@H](c1ccc(OC(F)F)cc1)n1nc(CO)c2c(=O)[nH]c(N(C)C)nc21. The van der Waals surface area contributed by atoms with Gasteiger partial charge in [-0.2, -0.15) is 18.9 Å². The number of hydrogen-bond donors (Lipinski definition) is 2. The summed E-state index contributed by atoms with van der Waals surface area (Å²) in [7, 11) is 3.49. The van der Waals surface area contributed by atoms with E-state index in [1.165, 1.54) is 12.1 Å². The van der Waals surface area contributed by atoms with Gasteiger partial charge < -0.3 is 14.7 Å². The number of aromatic nitrogens is 4. The van der Waals surface area contributed by atoms with Crippen molar-refractivity contribution in [2.24, 2.45) is 0 Å². The number of alkyl halides is 2. The predicted molar refractivity (Wildman–Crippen MR) is 99.9 cm³/mol. The molecular formula is C18H21F2N5O3. The molecule has 150 valence electrons. The Hall–Kier alpha value is -3.01. The highest BCUT2D eigenvalue weighted by molar-refractivity contribution is 5.78. The number of fused-ring (bicyclic) bond motifs is 1. The quantitative estimate of drug-likeness (QED) is 0.639. The summed E-state index contributed by atoms with van der Waals surface area (Å²) in [4.78, 5) is 21.3. The molecule has 0 spiro atoms. The third-order valence-electron chi connectivity index (χ3n) is 4.37. The van der Waals surface area contributed by atoms with Crippen molar-refractivity contribution in [2.45, 2.75) is 32.6 Å². The Morgan fingerprint density at radius 3 is 2.50 bits per heavy atom. The zero-order chi connectivity index (χ0) is 20.4. The fourth-order valence-electron chi connectivity index (χ4n) is 3.06. The lowest BCUT2D eigenvalue weighted by molar-refractivity contribution is -0.0498. The van der Waals surface area contributed by atoms with Crippen LogP contribution in [0.3, 0.4) is 0 Å². The lowest BCUT2D eigenvalue weighted by atomic mass is 10.0. The summed E-state index contributed by atoms with van der Waals surface area (Å²) >= 11 is 0. The number of aromatic amines is 1. The highest BCUT2D eigenvalue weighted by Crippen LogP contribution is 2.28. The maximum Gasteiger partial charge on any atom is 0.387 e. The molecule has 0 radical (unpaired) electrons. The van der Waals surface area contributed by atoms with Crippen molar-refractivity contribution in [3.63, 3.8) is 0 Å². The molecule has 0 unspecified atom stereocenters. The average molecular weight is 393 g/mol. The number of ether oxygens (including phenoxy) is 1. The molecule has 3 aromatic rings. The van der Waals surface area contributed by atoms with Gasteiger partial charge in [0.15, 0.2) is 5.65 Å². The fourth-order valence-corrected chi connectivity index (χ4v) is 3.06. The van der Waals surface area contributed by atoms with Crippen LogP contribution in [0.15, 0.2) is 29.1 Å². The first-order valence-corrected chi connectivity index (χ1v) is 8.70. The number of H-pyrrole nitrogens is 1. The summed E-state index contributed by atoms with van der Waals surface area (Å²) in [6.07, 6.45) is 0.600. The molecule has 1 aromatic carbocycles. The summed E-state index contributed by atoms with van der Waals surface area (Å²) in [6, 6.07) is 5.92. The zero-order valence-corrected chi connectivity index (χ0v) is 15.7. The summed E-state index contributed by atoms with van der Waals surface area (Å²) in [5.41, 5.74) is 0.965. The summed E-state index contributed by atoms with van der Waals surface area (Å²) in [5, 5.41) is 14.3. The maximum atomic E-state index is 12.5. The second-order valence-electron chi connectivity index (χ2n) is 6.40. The van der Waals surface area contributed by atoms with Gasteiger partial charge >= 0.3 is 6.61 Å².